The number of sulfone groups is 1. The zero-order valence-corrected chi connectivity index (χ0v) is 15.9. The first-order valence-electron chi connectivity index (χ1n) is 6.86. The number of hydrogen-bond donors (Lipinski definition) is 2. The second-order valence-corrected chi connectivity index (χ2v) is 8.07. The molecule has 0 saturated heterocycles. The molecule has 2 amide bonds. The third-order valence-corrected chi connectivity index (χ3v) is 5.43. The van der Waals surface area contributed by atoms with Gasteiger partial charge in [0, 0.05) is 6.20 Å². The number of carbonyl (C=O) groups excluding carboxylic acids is 2. The summed E-state index contributed by atoms with van der Waals surface area (Å²) in [6.45, 7) is 1.43. The van der Waals surface area contributed by atoms with Crippen molar-refractivity contribution in [2.45, 2.75) is 12.1 Å². The second-order valence-electron chi connectivity index (χ2n) is 4.64. The van der Waals surface area contributed by atoms with Gasteiger partial charge in [-0.05, 0) is 28.1 Å². The van der Waals surface area contributed by atoms with Gasteiger partial charge in [-0.3, -0.25) is 20.4 Å². The van der Waals surface area contributed by atoms with E-state index in [1.807, 2.05) is 0 Å². The van der Waals surface area contributed by atoms with Crippen molar-refractivity contribution in [2.24, 2.45) is 0 Å². The molecule has 0 aliphatic rings. The van der Waals surface area contributed by atoms with E-state index in [9.17, 15) is 18.0 Å². The summed E-state index contributed by atoms with van der Waals surface area (Å²) in [7, 11) is -3.68. The summed E-state index contributed by atoms with van der Waals surface area (Å²) in [5.74, 6) is -1.66. The Morgan fingerprint density at radius 3 is 2.48 bits per heavy atom. The number of nitrogens with one attached hydrogen (secondary N) is 2. The monoisotopic (exact) mass is 446 g/mol. The predicted molar refractivity (Wildman–Crippen MR) is 93.8 cm³/mol. The van der Waals surface area contributed by atoms with Crippen LogP contribution in [-0.2, 0) is 9.84 Å². The summed E-state index contributed by atoms with van der Waals surface area (Å²) in [4.78, 5) is 31.6. The molecule has 0 saturated carbocycles. The van der Waals surface area contributed by atoms with E-state index in [1.54, 1.807) is 12.1 Å². The van der Waals surface area contributed by atoms with E-state index >= 15 is 0 Å². The van der Waals surface area contributed by atoms with Gasteiger partial charge in [-0.25, -0.2) is 18.4 Å². The molecule has 1 heterocycles. The van der Waals surface area contributed by atoms with Crippen LogP contribution in [0.2, 0.25) is 5.02 Å². The first kappa shape index (κ1) is 19.3. The number of rotatable bonds is 4. The number of nitrogens with zero attached hydrogens (tertiary/aromatic N) is 2. The molecule has 2 rings (SSSR count). The van der Waals surface area contributed by atoms with Crippen LogP contribution in [0.3, 0.4) is 0 Å². The van der Waals surface area contributed by atoms with Crippen LogP contribution in [-0.4, -0.2) is 36.0 Å². The number of carbonyl (C=O) groups is 2. The highest BCUT2D eigenvalue weighted by Crippen LogP contribution is 2.16. The van der Waals surface area contributed by atoms with Gasteiger partial charge in [0.1, 0.15) is 5.69 Å². The van der Waals surface area contributed by atoms with Crippen molar-refractivity contribution in [3.63, 3.8) is 0 Å². The van der Waals surface area contributed by atoms with Crippen LogP contribution in [0.25, 0.3) is 0 Å². The molecular weight excluding hydrogens is 436 g/mol. The number of aromatic nitrogens is 2. The first-order chi connectivity index (χ1) is 11.8. The lowest BCUT2D eigenvalue weighted by Crippen LogP contribution is -2.42. The summed E-state index contributed by atoms with van der Waals surface area (Å²) < 4.78 is 23.8. The fourth-order valence-corrected chi connectivity index (χ4v) is 2.97. The molecule has 0 aliphatic heterocycles. The number of benzene rings is 1. The highest BCUT2D eigenvalue weighted by molar-refractivity contribution is 9.10. The van der Waals surface area contributed by atoms with Gasteiger partial charge in [-0.1, -0.05) is 30.7 Å². The van der Waals surface area contributed by atoms with Crippen LogP contribution >= 0.6 is 27.5 Å². The largest absolute Gasteiger partial charge is 0.289 e. The minimum absolute atomic E-state index is 0.167. The van der Waals surface area contributed by atoms with Gasteiger partial charge in [-0.15, -0.1) is 0 Å². The zero-order chi connectivity index (χ0) is 18.6. The zero-order valence-electron chi connectivity index (χ0n) is 12.8. The SMILES string of the molecule is CCS(=O)(=O)c1ncc(Br)c(C(=O)NNC(=O)c2ccccc2Cl)n1. The van der Waals surface area contributed by atoms with E-state index in [2.05, 4.69) is 36.7 Å². The minimum atomic E-state index is -3.68. The van der Waals surface area contributed by atoms with Gasteiger partial charge in [0.2, 0.25) is 15.0 Å². The Morgan fingerprint density at radius 2 is 1.84 bits per heavy atom. The maximum Gasteiger partial charge on any atom is 0.289 e. The van der Waals surface area contributed by atoms with Crippen LogP contribution < -0.4 is 10.9 Å². The molecular formula is C14H12BrClN4O4S. The summed E-state index contributed by atoms with van der Waals surface area (Å²) in [5, 5.41) is -0.255. The number of amides is 2. The smallest absolute Gasteiger partial charge is 0.267 e. The molecule has 0 radical (unpaired) electrons. The lowest BCUT2D eigenvalue weighted by atomic mass is 10.2. The Bertz CT molecular complexity index is 936. The Hall–Kier alpha value is -2.04. The van der Waals surface area contributed by atoms with E-state index in [0.717, 1.165) is 6.20 Å². The molecule has 132 valence electrons. The fourth-order valence-electron chi connectivity index (χ4n) is 1.67. The molecule has 2 aromatic rings. The summed E-state index contributed by atoms with van der Waals surface area (Å²) in [5.41, 5.74) is 4.27. The van der Waals surface area contributed by atoms with E-state index in [0.29, 0.717) is 0 Å². The summed E-state index contributed by atoms with van der Waals surface area (Å²) in [6, 6.07) is 6.29. The second kappa shape index (κ2) is 7.89. The van der Waals surface area contributed by atoms with E-state index in [-0.39, 0.29) is 26.5 Å². The van der Waals surface area contributed by atoms with Gasteiger partial charge in [0.15, 0.2) is 0 Å². The highest BCUT2D eigenvalue weighted by Gasteiger charge is 2.21. The third kappa shape index (κ3) is 4.53. The standard InChI is InChI=1S/C14H12BrClN4O4S/c1-2-25(23,24)14-17-7-9(15)11(18-14)13(22)20-19-12(21)8-5-3-4-6-10(8)16/h3-7H,2H2,1H3,(H,19,21)(H,20,22). The Morgan fingerprint density at radius 1 is 1.20 bits per heavy atom. The number of hydrazine groups is 1. The van der Waals surface area contributed by atoms with Crippen molar-refractivity contribution in [3.05, 3.63) is 51.2 Å². The Labute approximate surface area is 157 Å². The quantitative estimate of drug-likeness (QED) is 0.545. The Balaban J connectivity index is 2.17. The molecule has 0 spiro atoms. The topological polar surface area (TPSA) is 118 Å². The fraction of sp³-hybridized carbons (Fsp3) is 0.143. The lowest BCUT2D eigenvalue weighted by Gasteiger charge is -2.09. The molecule has 0 fully saturated rings. The molecule has 25 heavy (non-hydrogen) atoms. The van der Waals surface area contributed by atoms with Gasteiger partial charge < -0.3 is 0 Å². The predicted octanol–water partition coefficient (Wildman–Crippen LogP) is 1.76. The minimum Gasteiger partial charge on any atom is -0.267 e. The van der Waals surface area contributed by atoms with Crippen molar-refractivity contribution >= 4 is 49.2 Å². The molecule has 1 aromatic carbocycles. The number of halogens is 2. The summed E-state index contributed by atoms with van der Waals surface area (Å²) >= 11 is 8.96. The van der Waals surface area contributed by atoms with Crippen LogP contribution in [0.4, 0.5) is 0 Å². The van der Waals surface area contributed by atoms with E-state index in [4.69, 9.17) is 11.6 Å². The van der Waals surface area contributed by atoms with Gasteiger partial charge in [0.25, 0.3) is 11.8 Å². The lowest BCUT2D eigenvalue weighted by molar-refractivity contribution is 0.0843. The molecule has 0 unspecified atom stereocenters. The maximum absolute atomic E-state index is 12.2. The van der Waals surface area contributed by atoms with Gasteiger partial charge >= 0.3 is 0 Å². The number of hydrogen-bond acceptors (Lipinski definition) is 6. The average Bonchev–Trinajstić information content (AvgIpc) is 2.60. The molecule has 0 aliphatic carbocycles. The van der Waals surface area contributed by atoms with Crippen LogP contribution in [0.1, 0.15) is 27.8 Å². The average molecular weight is 448 g/mol. The molecule has 1 aromatic heterocycles. The van der Waals surface area contributed by atoms with E-state index < -0.39 is 26.8 Å². The molecule has 8 nitrogen and oxygen atoms in total. The van der Waals surface area contributed by atoms with Crippen molar-refractivity contribution in [1.29, 1.82) is 0 Å². The van der Waals surface area contributed by atoms with Gasteiger partial charge in [0.05, 0.1) is 20.8 Å². The molecule has 2 N–H and O–H groups in total. The summed E-state index contributed by atoms with van der Waals surface area (Å²) in [6.07, 6.45) is 1.15. The molecule has 0 atom stereocenters. The van der Waals surface area contributed by atoms with Crippen molar-refractivity contribution < 1.29 is 18.0 Å². The van der Waals surface area contributed by atoms with Gasteiger partial charge in [-0.2, -0.15) is 0 Å². The molecule has 11 heteroatoms. The van der Waals surface area contributed by atoms with Crippen LogP contribution in [0.5, 0.6) is 0 Å². The molecule has 0 bridgehead atoms. The maximum atomic E-state index is 12.2. The Kier molecular flexibility index (Phi) is 6.09. The van der Waals surface area contributed by atoms with Crippen molar-refractivity contribution in [1.82, 2.24) is 20.8 Å². The first-order valence-corrected chi connectivity index (χ1v) is 9.69. The van der Waals surface area contributed by atoms with E-state index in [1.165, 1.54) is 19.1 Å². The normalized spacial score (nSPS) is 11.0. The van der Waals surface area contributed by atoms with Crippen molar-refractivity contribution in [2.75, 3.05) is 5.75 Å². The van der Waals surface area contributed by atoms with Crippen molar-refractivity contribution in [3.8, 4) is 0 Å². The van der Waals surface area contributed by atoms with Crippen LogP contribution in [0, 0.1) is 0 Å². The highest BCUT2D eigenvalue weighted by atomic mass is 79.9. The van der Waals surface area contributed by atoms with Crippen LogP contribution in [0.15, 0.2) is 40.1 Å². The third-order valence-electron chi connectivity index (χ3n) is 3.00.